The molecule has 0 aliphatic carbocycles. The number of aryl methyl sites for hydroxylation is 1. The average molecular weight is 192 g/mol. The van der Waals surface area contributed by atoms with Crippen molar-refractivity contribution >= 4 is 5.69 Å². The summed E-state index contributed by atoms with van der Waals surface area (Å²) in [5.74, 6) is 0.689. The molecule has 0 saturated carbocycles. The first kappa shape index (κ1) is 11.0. The molecule has 0 spiro atoms. The molecule has 0 amide bonds. The van der Waals surface area contributed by atoms with Crippen LogP contribution in [0.3, 0.4) is 0 Å². The summed E-state index contributed by atoms with van der Waals surface area (Å²) in [6.45, 7) is 8.82. The van der Waals surface area contributed by atoms with Gasteiger partial charge in [-0.15, -0.1) is 0 Å². The third kappa shape index (κ3) is 2.72. The molecule has 1 aromatic heterocycles. The van der Waals surface area contributed by atoms with E-state index in [4.69, 9.17) is 0 Å². The van der Waals surface area contributed by atoms with Crippen molar-refractivity contribution in [2.75, 3.05) is 5.32 Å². The fourth-order valence-electron chi connectivity index (χ4n) is 1.36. The molecule has 0 saturated heterocycles. The number of nitrogens with one attached hydrogen (secondary N) is 1. The van der Waals surface area contributed by atoms with E-state index >= 15 is 0 Å². The standard InChI is InChI=1S/C12H20N2/c1-5-9(2)11(4)14-12-8-13-7-6-10(12)3/h6-9,11,14H,5H2,1-4H3/t9-,11-/m0/s1. The smallest absolute Gasteiger partial charge is 0.0558 e. The van der Waals surface area contributed by atoms with Crippen molar-refractivity contribution in [3.63, 3.8) is 0 Å². The zero-order chi connectivity index (χ0) is 10.6. The van der Waals surface area contributed by atoms with E-state index in [1.54, 1.807) is 0 Å². The summed E-state index contributed by atoms with van der Waals surface area (Å²) < 4.78 is 0. The van der Waals surface area contributed by atoms with Crippen LogP contribution in [-0.4, -0.2) is 11.0 Å². The van der Waals surface area contributed by atoms with Gasteiger partial charge in [-0.05, 0) is 31.4 Å². The van der Waals surface area contributed by atoms with E-state index in [-0.39, 0.29) is 0 Å². The van der Waals surface area contributed by atoms with E-state index in [9.17, 15) is 0 Å². The highest BCUT2D eigenvalue weighted by Gasteiger charge is 2.10. The zero-order valence-corrected chi connectivity index (χ0v) is 9.54. The molecule has 0 aromatic carbocycles. The molecule has 14 heavy (non-hydrogen) atoms. The van der Waals surface area contributed by atoms with E-state index < -0.39 is 0 Å². The Bertz CT molecular complexity index is 283. The van der Waals surface area contributed by atoms with Gasteiger partial charge in [-0.25, -0.2) is 0 Å². The first-order chi connectivity index (χ1) is 6.65. The molecular formula is C12H20N2. The van der Waals surface area contributed by atoms with Gasteiger partial charge in [-0.3, -0.25) is 4.98 Å². The molecule has 1 heterocycles. The zero-order valence-electron chi connectivity index (χ0n) is 9.54. The summed E-state index contributed by atoms with van der Waals surface area (Å²) in [5.41, 5.74) is 2.41. The Balaban J connectivity index is 2.64. The predicted octanol–water partition coefficient (Wildman–Crippen LogP) is 3.24. The Labute approximate surface area is 86.8 Å². The molecule has 1 N–H and O–H groups in total. The SMILES string of the molecule is CC[C@H](C)[C@H](C)Nc1cnccc1C. The Hall–Kier alpha value is -1.05. The van der Waals surface area contributed by atoms with Gasteiger partial charge in [0.1, 0.15) is 0 Å². The van der Waals surface area contributed by atoms with Crippen LogP contribution in [0, 0.1) is 12.8 Å². The number of rotatable bonds is 4. The molecule has 2 nitrogen and oxygen atoms in total. The van der Waals surface area contributed by atoms with Gasteiger partial charge in [-0.1, -0.05) is 20.3 Å². The minimum atomic E-state index is 0.503. The minimum absolute atomic E-state index is 0.503. The Morgan fingerprint density at radius 1 is 1.43 bits per heavy atom. The second-order valence-electron chi connectivity index (χ2n) is 4.01. The molecule has 2 atom stereocenters. The maximum Gasteiger partial charge on any atom is 0.0558 e. The van der Waals surface area contributed by atoms with Crippen LogP contribution in [0.4, 0.5) is 5.69 Å². The number of nitrogens with zero attached hydrogens (tertiary/aromatic N) is 1. The first-order valence-corrected chi connectivity index (χ1v) is 5.32. The van der Waals surface area contributed by atoms with Crippen LogP contribution in [0.15, 0.2) is 18.5 Å². The number of anilines is 1. The monoisotopic (exact) mass is 192 g/mol. The summed E-state index contributed by atoms with van der Waals surface area (Å²) in [6.07, 6.45) is 4.93. The van der Waals surface area contributed by atoms with Crippen LogP contribution >= 0.6 is 0 Å². The van der Waals surface area contributed by atoms with Crippen LogP contribution in [-0.2, 0) is 0 Å². The lowest BCUT2D eigenvalue weighted by atomic mass is 10.0. The van der Waals surface area contributed by atoms with Crippen molar-refractivity contribution in [2.24, 2.45) is 5.92 Å². The van der Waals surface area contributed by atoms with E-state index in [0.717, 1.165) is 5.69 Å². The van der Waals surface area contributed by atoms with E-state index in [1.165, 1.54) is 12.0 Å². The molecule has 0 aliphatic rings. The number of hydrogen-bond donors (Lipinski definition) is 1. The highest BCUT2D eigenvalue weighted by Crippen LogP contribution is 2.17. The lowest BCUT2D eigenvalue weighted by molar-refractivity contribution is 0.494. The topological polar surface area (TPSA) is 24.9 Å². The summed E-state index contributed by atoms with van der Waals surface area (Å²) in [6, 6.07) is 2.54. The quantitative estimate of drug-likeness (QED) is 0.792. The predicted molar refractivity (Wildman–Crippen MR) is 61.5 cm³/mol. The van der Waals surface area contributed by atoms with Crippen molar-refractivity contribution in [2.45, 2.75) is 40.2 Å². The molecule has 0 unspecified atom stereocenters. The summed E-state index contributed by atoms with van der Waals surface area (Å²) in [4.78, 5) is 4.12. The summed E-state index contributed by atoms with van der Waals surface area (Å²) >= 11 is 0. The lowest BCUT2D eigenvalue weighted by Gasteiger charge is -2.21. The largest absolute Gasteiger partial charge is 0.381 e. The Morgan fingerprint density at radius 3 is 2.71 bits per heavy atom. The minimum Gasteiger partial charge on any atom is -0.381 e. The summed E-state index contributed by atoms with van der Waals surface area (Å²) in [5, 5.41) is 3.50. The first-order valence-electron chi connectivity index (χ1n) is 5.32. The molecule has 78 valence electrons. The molecule has 2 heteroatoms. The molecular weight excluding hydrogens is 172 g/mol. The van der Waals surface area contributed by atoms with Crippen molar-refractivity contribution in [1.29, 1.82) is 0 Å². The van der Waals surface area contributed by atoms with Crippen LogP contribution in [0.5, 0.6) is 0 Å². The molecule has 0 radical (unpaired) electrons. The molecule has 0 aliphatic heterocycles. The second-order valence-corrected chi connectivity index (χ2v) is 4.01. The summed E-state index contributed by atoms with van der Waals surface area (Å²) in [7, 11) is 0. The van der Waals surface area contributed by atoms with Gasteiger partial charge in [-0.2, -0.15) is 0 Å². The Kier molecular flexibility index (Phi) is 3.93. The maximum absolute atomic E-state index is 4.12. The van der Waals surface area contributed by atoms with Crippen LogP contribution in [0.2, 0.25) is 0 Å². The number of hydrogen-bond acceptors (Lipinski definition) is 2. The van der Waals surface area contributed by atoms with Crippen molar-refractivity contribution in [3.05, 3.63) is 24.0 Å². The lowest BCUT2D eigenvalue weighted by Crippen LogP contribution is -2.23. The average Bonchev–Trinajstić information content (AvgIpc) is 2.20. The van der Waals surface area contributed by atoms with E-state index in [0.29, 0.717) is 12.0 Å². The number of aromatic nitrogens is 1. The molecule has 1 rings (SSSR count). The molecule has 0 bridgehead atoms. The van der Waals surface area contributed by atoms with Gasteiger partial charge in [0.25, 0.3) is 0 Å². The van der Waals surface area contributed by atoms with Crippen molar-refractivity contribution in [1.82, 2.24) is 4.98 Å². The maximum atomic E-state index is 4.12. The fraction of sp³-hybridized carbons (Fsp3) is 0.583. The van der Waals surface area contributed by atoms with Crippen LogP contribution in [0.1, 0.15) is 32.8 Å². The van der Waals surface area contributed by atoms with E-state index in [1.807, 2.05) is 18.5 Å². The van der Waals surface area contributed by atoms with Crippen molar-refractivity contribution in [3.8, 4) is 0 Å². The second kappa shape index (κ2) is 4.99. The third-order valence-corrected chi connectivity index (χ3v) is 2.92. The Morgan fingerprint density at radius 2 is 2.14 bits per heavy atom. The fourth-order valence-corrected chi connectivity index (χ4v) is 1.36. The van der Waals surface area contributed by atoms with Crippen molar-refractivity contribution < 1.29 is 0 Å². The van der Waals surface area contributed by atoms with Gasteiger partial charge >= 0.3 is 0 Å². The van der Waals surface area contributed by atoms with Crippen LogP contribution < -0.4 is 5.32 Å². The van der Waals surface area contributed by atoms with Gasteiger partial charge in [0.15, 0.2) is 0 Å². The highest BCUT2D eigenvalue weighted by molar-refractivity contribution is 5.48. The molecule has 0 fully saturated rings. The van der Waals surface area contributed by atoms with Gasteiger partial charge in [0, 0.05) is 12.2 Å². The number of pyridine rings is 1. The van der Waals surface area contributed by atoms with Gasteiger partial charge < -0.3 is 5.32 Å². The van der Waals surface area contributed by atoms with E-state index in [2.05, 4.69) is 38.0 Å². The molecule has 1 aromatic rings. The third-order valence-electron chi connectivity index (χ3n) is 2.92. The normalized spacial score (nSPS) is 14.9. The van der Waals surface area contributed by atoms with Gasteiger partial charge in [0.2, 0.25) is 0 Å². The van der Waals surface area contributed by atoms with Gasteiger partial charge in [0.05, 0.1) is 11.9 Å². The highest BCUT2D eigenvalue weighted by atomic mass is 14.9. The van der Waals surface area contributed by atoms with Crippen LogP contribution in [0.25, 0.3) is 0 Å².